The quantitative estimate of drug-likeness (QED) is 0.383. The van der Waals surface area contributed by atoms with Gasteiger partial charge in [0.05, 0.1) is 12.5 Å². The minimum absolute atomic E-state index is 0.238. The predicted molar refractivity (Wildman–Crippen MR) is 97.3 cm³/mol. The molecule has 3 atom stereocenters. The number of hydrogen-bond donors (Lipinski definition) is 4. The van der Waals surface area contributed by atoms with Crippen LogP contribution in [0.15, 0.2) is 0 Å². The monoisotopic (exact) mass is 386 g/mol. The molecule has 0 aliphatic heterocycles. The average molecular weight is 386 g/mol. The Morgan fingerprint density at radius 1 is 0.963 bits per heavy atom. The summed E-state index contributed by atoms with van der Waals surface area (Å²) in [6.45, 7) is 8.43. The molecule has 0 saturated carbocycles. The molecule has 0 aliphatic rings. The maximum absolute atomic E-state index is 12.4. The second-order valence-corrected chi connectivity index (χ2v) is 6.83. The highest BCUT2D eigenvalue weighted by molar-refractivity contribution is 6.03. The van der Waals surface area contributed by atoms with Crippen molar-refractivity contribution in [2.24, 2.45) is 11.7 Å². The maximum atomic E-state index is 12.4. The third-order valence-corrected chi connectivity index (χ3v) is 3.65. The van der Waals surface area contributed by atoms with Crippen molar-refractivity contribution in [3.63, 3.8) is 0 Å². The van der Waals surface area contributed by atoms with E-state index in [1.807, 2.05) is 13.8 Å². The summed E-state index contributed by atoms with van der Waals surface area (Å²) in [6, 6.07) is -3.17. The van der Waals surface area contributed by atoms with Crippen molar-refractivity contribution in [2.75, 3.05) is 6.54 Å². The third-order valence-electron chi connectivity index (χ3n) is 3.65. The molecule has 154 valence electrons. The van der Waals surface area contributed by atoms with Crippen molar-refractivity contribution < 1.29 is 29.1 Å². The van der Waals surface area contributed by atoms with Gasteiger partial charge in [-0.15, -0.1) is 0 Å². The number of rotatable bonds is 10. The predicted octanol–water partition coefficient (Wildman–Crippen LogP) is -0.781. The van der Waals surface area contributed by atoms with Gasteiger partial charge in [-0.05, 0) is 26.7 Å². The van der Waals surface area contributed by atoms with Gasteiger partial charge in [0, 0.05) is 13.0 Å². The maximum Gasteiger partial charge on any atom is 0.303 e. The first-order valence-electron chi connectivity index (χ1n) is 8.79. The summed E-state index contributed by atoms with van der Waals surface area (Å²) in [5.41, 5.74) is 5.53. The lowest BCUT2D eigenvalue weighted by molar-refractivity contribution is -0.153. The molecule has 0 aromatic rings. The lowest BCUT2D eigenvalue weighted by atomic mass is 10.1. The number of hydrogen-bond acceptors (Lipinski definition) is 6. The van der Waals surface area contributed by atoms with Gasteiger partial charge >= 0.3 is 5.97 Å². The molecule has 0 aromatic carbocycles. The molecule has 0 aromatic heterocycles. The van der Waals surface area contributed by atoms with Crippen molar-refractivity contribution in [1.82, 2.24) is 15.5 Å². The number of nitrogens with zero attached hydrogens (tertiary/aromatic N) is 1. The average Bonchev–Trinajstić information content (AvgIpc) is 2.57. The summed E-state index contributed by atoms with van der Waals surface area (Å²) < 4.78 is 0. The summed E-state index contributed by atoms with van der Waals surface area (Å²) in [5, 5.41) is 13.8. The molecule has 0 aliphatic carbocycles. The number of amides is 4. The molecule has 10 nitrogen and oxygen atoms in total. The first-order chi connectivity index (χ1) is 12.4. The molecule has 0 radical (unpaired) electrons. The van der Waals surface area contributed by atoms with Gasteiger partial charge in [0.1, 0.15) is 12.1 Å². The second-order valence-electron chi connectivity index (χ2n) is 6.83. The zero-order chi connectivity index (χ0) is 21.3. The van der Waals surface area contributed by atoms with Gasteiger partial charge in [0.2, 0.25) is 23.6 Å². The highest BCUT2D eigenvalue weighted by Gasteiger charge is 2.34. The molecule has 0 spiro atoms. The highest BCUT2D eigenvalue weighted by atomic mass is 16.4. The Morgan fingerprint density at radius 2 is 1.52 bits per heavy atom. The van der Waals surface area contributed by atoms with E-state index >= 15 is 0 Å². The number of imide groups is 1. The lowest BCUT2D eigenvalue weighted by Gasteiger charge is -2.29. The van der Waals surface area contributed by atoms with Gasteiger partial charge < -0.3 is 21.5 Å². The number of aliphatic carboxylic acids is 1. The summed E-state index contributed by atoms with van der Waals surface area (Å²) in [4.78, 5) is 60.2. The molecule has 4 amide bonds. The highest BCUT2D eigenvalue weighted by Crippen LogP contribution is 2.08. The molecule has 5 N–H and O–H groups in total. The molecule has 27 heavy (non-hydrogen) atoms. The van der Waals surface area contributed by atoms with Crippen LogP contribution in [0, 0.1) is 5.92 Å². The number of nitrogens with one attached hydrogen (secondary N) is 2. The molecule has 0 fully saturated rings. The largest absolute Gasteiger partial charge is 0.481 e. The Morgan fingerprint density at radius 3 is 1.96 bits per heavy atom. The molecule has 10 heteroatoms. The Kier molecular flexibility index (Phi) is 10.2. The number of carbonyl (C=O) groups excluding carboxylic acids is 4. The van der Waals surface area contributed by atoms with Crippen LogP contribution in [0.2, 0.25) is 0 Å². The fraction of sp³-hybridized carbons (Fsp3) is 0.706. The van der Waals surface area contributed by atoms with Gasteiger partial charge in [-0.1, -0.05) is 13.8 Å². The van der Waals surface area contributed by atoms with Crippen LogP contribution in [0.25, 0.3) is 0 Å². The summed E-state index contributed by atoms with van der Waals surface area (Å²) >= 11 is 0. The first kappa shape index (κ1) is 24.5. The van der Waals surface area contributed by atoms with Crippen LogP contribution in [0.3, 0.4) is 0 Å². The van der Waals surface area contributed by atoms with Gasteiger partial charge in [0.15, 0.2) is 0 Å². The fourth-order valence-corrected chi connectivity index (χ4v) is 2.06. The number of carboxylic acids is 1. The molecule has 0 heterocycles. The third kappa shape index (κ3) is 8.63. The smallest absolute Gasteiger partial charge is 0.303 e. The molecule has 0 saturated heterocycles. The molecule has 0 rings (SSSR count). The van der Waals surface area contributed by atoms with E-state index in [1.165, 1.54) is 20.8 Å². The van der Waals surface area contributed by atoms with Gasteiger partial charge in [-0.2, -0.15) is 0 Å². The minimum atomic E-state index is -1.25. The van der Waals surface area contributed by atoms with Crippen LogP contribution in [0.1, 0.15) is 47.5 Å². The topological polar surface area (TPSA) is 159 Å². The number of carbonyl (C=O) groups is 5. The van der Waals surface area contributed by atoms with Gasteiger partial charge in [-0.3, -0.25) is 28.9 Å². The molecular formula is C17H30N4O6. The summed E-state index contributed by atoms with van der Waals surface area (Å²) in [7, 11) is 0. The SMILES string of the molecule is CC(C)CNC(=O)[C@H](C)NC(=O)[C@H](C)N(C(=O)CCC(=O)O)C(=O)[C@H](C)N. The Balaban J connectivity index is 5.13. The van der Waals surface area contributed by atoms with E-state index in [0.29, 0.717) is 11.4 Å². The molecule has 0 unspecified atom stereocenters. The van der Waals surface area contributed by atoms with E-state index in [2.05, 4.69) is 10.6 Å². The second kappa shape index (κ2) is 11.3. The van der Waals surface area contributed by atoms with Crippen LogP contribution < -0.4 is 16.4 Å². The van der Waals surface area contributed by atoms with Gasteiger partial charge in [-0.25, -0.2) is 0 Å². The fourth-order valence-electron chi connectivity index (χ4n) is 2.06. The van der Waals surface area contributed by atoms with Crippen molar-refractivity contribution in [3.05, 3.63) is 0 Å². The lowest BCUT2D eigenvalue weighted by Crippen LogP contribution is -2.57. The van der Waals surface area contributed by atoms with E-state index in [9.17, 15) is 24.0 Å². The van der Waals surface area contributed by atoms with Crippen molar-refractivity contribution in [2.45, 2.75) is 65.6 Å². The number of carboxylic acid groups (broad SMARTS) is 1. The molecule has 0 bridgehead atoms. The Hall–Kier alpha value is -2.49. The van der Waals surface area contributed by atoms with Crippen molar-refractivity contribution >= 4 is 29.6 Å². The van der Waals surface area contributed by atoms with E-state index in [4.69, 9.17) is 10.8 Å². The van der Waals surface area contributed by atoms with Crippen LogP contribution in [0.5, 0.6) is 0 Å². The molecular weight excluding hydrogens is 356 g/mol. The Labute approximate surface area is 158 Å². The van der Waals surface area contributed by atoms with E-state index in [-0.39, 0.29) is 5.92 Å². The summed E-state index contributed by atoms with van der Waals surface area (Å²) in [6.07, 6.45) is -0.931. The standard InChI is InChI=1S/C17H30N4O6/c1-9(2)8-19-15(25)11(4)20-16(26)12(5)21(17(27)10(3)18)13(22)6-7-14(23)24/h9-12H,6-8,18H2,1-5H3,(H,19,25)(H,20,26)(H,23,24)/t10-,11-,12-/m0/s1. The zero-order valence-electron chi connectivity index (χ0n) is 16.4. The van der Waals surface area contributed by atoms with Crippen molar-refractivity contribution in [1.29, 1.82) is 0 Å². The number of nitrogens with two attached hydrogens (primary N) is 1. The first-order valence-corrected chi connectivity index (χ1v) is 8.79. The Bertz CT molecular complexity index is 576. The zero-order valence-corrected chi connectivity index (χ0v) is 16.4. The minimum Gasteiger partial charge on any atom is -0.481 e. The summed E-state index contributed by atoms with van der Waals surface area (Å²) in [5.74, 6) is -3.71. The van der Waals surface area contributed by atoms with Crippen LogP contribution in [0.4, 0.5) is 0 Å². The van der Waals surface area contributed by atoms with E-state index in [0.717, 1.165) is 0 Å². The van der Waals surface area contributed by atoms with E-state index < -0.39 is 60.6 Å². The van der Waals surface area contributed by atoms with Crippen LogP contribution in [-0.4, -0.2) is 64.3 Å². The van der Waals surface area contributed by atoms with Gasteiger partial charge in [0.25, 0.3) is 0 Å². The van der Waals surface area contributed by atoms with Crippen LogP contribution in [-0.2, 0) is 24.0 Å². The van der Waals surface area contributed by atoms with Crippen LogP contribution >= 0.6 is 0 Å². The van der Waals surface area contributed by atoms with Crippen molar-refractivity contribution in [3.8, 4) is 0 Å². The van der Waals surface area contributed by atoms with E-state index in [1.54, 1.807) is 0 Å². The normalized spacial score (nSPS) is 14.0.